The van der Waals surface area contributed by atoms with Crippen molar-refractivity contribution in [1.82, 2.24) is 14.7 Å². The maximum atomic E-state index is 11.9. The molecule has 0 aliphatic rings. The molecule has 0 spiro atoms. The lowest BCUT2D eigenvalue weighted by atomic mass is 10.0. The van der Waals surface area contributed by atoms with Crippen LogP contribution in [0.4, 0.5) is 0 Å². The van der Waals surface area contributed by atoms with Gasteiger partial charge in [0.1, 0.15) is 0 Å². The molecule has 0 bridgehead atoms. The first-order valence-corrected chi connectivity index (χ1v) is 7.47. The summed E-state index contributed by atoms with van der Waals surface area (Å²) in [7, 11) is 5.42. The minimum Gasteiger partial charge on any atom is -0.345 e. The first kappa shape index (κ1) is 15.0. The molecule has 2 aromatic carbocycles. The quantitative estimate of drug-likeness (QED) is 0.743. The Labute approximate surface area is 136 Å². The normalized spacial score (nSPS) is 10.6. The molecule has 1 amide bonds. The zero-order valence-corrected chi connectivity index (χ0v) is 13.5. The van der Waals surface area contributed by atoms with Crippen LogP contribution in [0.1, 0.15) is 10.4 Å². The van der Waals surface area contributed by atoms with Crippen LogP contribution >= 0.6 is 0 Å². The smallest absolute Gasteiger partial charge is 0.253 e. The van der Waals surface area contributed by atoms with Crippen molar-refractivity contribution >= 4 is 5.91 Å². The van der Waals surface area contributed by atoms with Crippen LogP contribution in [0.25, 0.3) is 22.4 Å². The van der Waals surface area contributed by atoms with Gasteiger partial charge in [0, 0.05) is 38.5 Å². The van der Waals surface area contributed by atoms with Gasteiger partial charge >= 0.3 is 0 Å². The van der Waals surface area contributed by atoms with Crippen molar-refractivity contribution < 1.29 is 4.79 Å². The lowest BCUT2D eigenvalue weighted by molar-refractivity contribution is 0.0827. The van der Waals surface area contributed by atoms with Gasteiger partial charge in [0.15, 0.2) is 0 Å². The molecule has 0 unspecified atom stereocenters. The van der Waals surface area contributed by atoms with Gasteiger partial charge < -0.3 is 4.90 Å². The van der Waals surface area contributed by atoms with Crippen molar-refractivity contribution in [2.75, 3.05) is 14.1 Å². The van der Waals surface area contributed by atoms with E-state index in [-0.39, 0.29) is 5.91 Å². The molecule has 3 aromatic rings. The second kappa shape index (κ2) is 6.08. The molecule has 0 atom stereocenters. The molecule has 0 saturated carbocycles. The molecular weight excluding hydrogens is 286 g/mol. The Kier molecular flexibility index (Phi) is 3.98. The van der Waals surface area contributed by atoms with Gasteiger partial charge in [-0.15, -0.1) is 0 Å². The molecule has 0 aliphatic heterocycles. The molecule has 0 saturated heterocycles. The Balaban J connectivity index is 1.92. The lowest BCUT2D eigenvalue weighted by Gasteiger charge is -2.11. The molecule has 0 aliphatic carbocycles. The number of rotatable bonds is 3. The summed E-state index contributed by atoms with van der Waals surface area (Å²) in [5, 5.41) is 4.44. The van der Waals surface area contributed by atoms with Gasteiger partial charge in [0.25, 0.3) is 5.91 Å². The molecule has 1 aromatic heterocycles. The topological polar surface area (TPSA) is 38.1 Å². The van der Waals surface area contributed by atoms with Crippen molar-refractivity contribution in [2.24, 2.45) is 7.05 Å². The lowest BCUT2D eigenvalue weighted by Crippen LogP contribution is -2.21. The Morgan fingerprint density at radius 1 is 0.957 bits per heavy atom. The fourth-order valence-corrected chi connectivity index (χ4v) is 2.49. The van der Waals surface area contributed by atoms with Gasteiger partial charge in [-0.05, 0) is 35.4 Å². The predicted octanol–water partition coefficient (Wildman–Crippen LogP) is 3.46. The third-order valence-electron chi connectivity index (χ3n) is 3.74. The van der Waals surface area contributed by atoms with E-state index in [2.05, 4.69) is 23.3 Å². The van der Waals surface area contributed by atoms with Gasteiger partial charge in [0.05, 0.1) is 5.69 Å². The number of benzene rings is 2. The van der Waals surface area contributed by atoms with E-state index in [1.54, 1.807) is 23.7 Å². The summed E-state index contributed by atoms with van der Waals surface area (Å²) in [5.41, 5.74) is 4.92. The van der Waals surface area contributed by atoms with Gasteiger partial charge in [-0.25, -0.2) is 0 Å². The molecule has 0 radical (unpaired) electrons. The Hall–Kier alpha value is -2.88. The zero-order valence-electron chi connectivity index (χ0n) is 13.5. The Bertz CT molecular complexity index is 832. The monoisotopic (exact) mass is 305 g/mol. The van der Waals surface area contributed by atoms with E-state index in [1.807, 2.05) is 49.6 Å². The average Bonchev–Trinajstić information content (AvgIpc) is 3.01. The number of carbonyl (C=O) groups is 1. The second-order valence-corrected chi connectivity index (χ2v) is 5.73. The minimum atomic E-state index is 0.0128. The Morgan fingerprint density at radius 3 is 2.26 bits per heavy atom. The zero-order chi connectivity index (χ0) is 16.4. The van der Waals surface area contributed by atoms with E-state index >= 15 is 0 Å². The summed E-state index contributed by atoms with van der Waals surface area (Å²) in [6.45, 7) is 0. The van der Waals surface area contributed by atoms with E-state index in [9.17, 15) is 4.79 Å². The number of aromatic nitrogens is 2. The molecule has 4 nitrogen and oxygen atoms in total. The van der Waals surface area contributed by atoms with Crippen molar-refractivity contribution in [1.29, 1.82) is 0 Å². The third kappa shape index (κ3) is 3.16. The van der Waals surface area contributed by atoms with E-state index in [4.69, 9.17) is 0 Å². The van der Waals surface area contributed by atoms with Gasteiger partial charge in [-0.2, -0.15) is 5.10 Å². The average molecular weight is 305 g/mol. The van der Waals surface area contributed by atoms with E-state index in [1.165, 1.54) is 0 Å². The summed E-state index contributed by atoms with van der Waals surface area (Å²) in [4.78, 5) is 13.5. The van der Waals surface area contributed by atoms with Crippen LogP contribution in [0.3, 0.4) is 0 Å². The van der Waals surface area contributed by atoms with Gasteiger partial charge in [-0.3, -0.25) is 9.48 Å². The number of hydrogen-bond donors (Lipinski definition) is 0. The van der Waals surface area contributed by atoms with Gasteiger partial charge in [-0.1, -0.05) is 30.3 Å². The summed E-state index contributed by atoms with van der Waals surface area (Å²) in [5.74, 6) is 0.0128. The first-order valence-electron chi connectivity index (χ1n) is 7.47. The van der Waals surface area contributed by atoms with Gasteiger partial charge in [0.2, 0.25) is 0 Å². The third-order valence-corrected chi connectivity index (χ3v) is 3.74. The SMILES string of the molecule is CN(C)C(=O)c1ccc(-c2cccc(-c3ccn(C)n3)c2)cc1. The first-order chi connectivity index (χ1) is 11.0. The molecular formula is C19H19N3O. The van der Waals surface area contributed by atoms with Crippen LogP contribution < -0.4 is 0 Å². The van der Waals surface area contributed by atoms with E-state index in [0.717, 1.165) is 22.4 Å². The molecule has 0 N–H and O–H groups in total. The highest BCUT2D eigenvalue weighted by molar-refractivity contribution is 5.94. The summed E-state index contributed by atoms with van der Waals surface area (Å²) >= 11 is 0. The van der Waals surface area contributed by atoms with E-state index < -0.39 is 0 Å². The van der Waals surface area contributed by atoms with Crippen molar-refractivity contribution in [3.63, 3.8) is 0 Å². The van der Waals surface area contributed by atoms with Crippen molar-refractivity contribution in [3.8, 4) is 22.4 Å². The number of carbonyl (C=O) groups excluding carboxylic acids is 1. The number of hydrogen-bond acceptors (Lipinski definition) is 2. The Morgan fingerprint density at radius 2 is 1.65 bits per heavy atom. The highest BCUT2D eigenvalue weighted by Gasteiger charge is 2.08. The fraction of sp³-hybridized carbons (Fsp3) is 0.158. The van der Waals surface area contributed by atoms with Crippen LogP contribution in [-0.2, 0) is 7.05 Å². The second-order valence-electron chi connectivity index (χ2n) is 5.73. The highest BCUT2D eigenvalue weighted by atomic mass is 16.2. The van der Waals surface area contributed by atoms with Crippen LogP contribution in [0.15, 0.2) is 60.8 Å². The highest BCUT2D eigenvalue weighted by Crippen LogP contribution is 2.25. The van der Waals surface area contributed by atoms with Crippen LogP contribution in [-0.4, -0.2) is 34.7 Å². The number of nitrogens with zero attached hydrogens (tertiary/aromatic N) is 3. The molecule has 4 heteroatoms. The minimum absolute atomic E-state index is 0.0128. The van der Waals surface area contributed by atoms with Crippen molar-refractivity contribution in [2.45, 2.75) is 0 Å². The number of amides is 1. The van der Waals surface area contributed by atoms with Crippen molar-refractivity contribution in [3.05, 3.63) is 66.4 Å². The standard InChI is InChI=1S/C19H19N3O/c1-21(2)19(23)15-9-7-14(8-10-15)16-5-4-6-17(13-16)18-11-12-22(3)20-18/h4-13H,1-3H3. The summed E-state index contributed by atoms with van der Waals surface area (Å²) in [6.07, 6.45) is 1.93. The molecule has 3 rings (SSSR count). The summed E-state index contributed by atoms with van der Waals surface area (Å²) < 4.78 is 1.80. The largest absolute Gasteiger partial charge is 0.345 e. The van der Waals surface area contributed by atoms with Crippen LogP contribution in [0, 0.1) is 0 Å². The molecule has 1 heterocycles. The van der Waals surface area contributed by atoms with Crippen LogP contribution in [0.5, 0.6) is 0 Å². The molecule has 116 valence electrons. The maximum absolute atomic E-state index is 11.9. The predicted molar refractivity (Wildman–Crippen MR) is 92.1 cm³/mol. The maximum Gasteiger partial charge on any atom is 0.253 e. The number of aryl methyl sites for hydroxylation is 1. The van der Waals surface area contributed by atoms with E-state index in [0.29, 0.717) is 5.56 Å². The molecule has 0 fully saturated rings. The fourth-order valence-electron chi connectivity index (χ4n) is 2.49. The molecule has 23 heavy (non-hydrogen) atoms. The summed E-state index contributed by atoms with van der Waals surface area (Å²) in [6, 6.07) is 17.9. The van der Waals surface area contributed by atoms with Crippen LogP contribution in [0.2, 0.25) is 0 Å².